The van der Waals surface area contributed by atoms with Crippen molar-refractivity contribution in [3.8, 4) is 0 Å². The number of rotatable bonds is 6. The minimum absolute atomic E-state index is 0.0000815. The van der Waals surface area contributed by atoms with Crippen LogP contribution in [0.25, 0.3) is 11.0 Å². The lowest BCUT2D eigenvalue weighted by molar-refractivity contribution is -0.121. The second-order valence-electron chi connectivity index (χ2n) is 8.55. The van der Waals surface area contributed by atoms with Crippen molar-refractivity contribution < 1.29 is 4.79 Å². The lowest BCUT2D eigenvalue weighted by Crippen LogP contribution is -2.42. The topological polar surface area (TPSA) is 83.0 Å². The predicted molar refractivity (Wildman–Crippen MR) is 112 cm³/mol. The highest BCUT2D eigenvalue weighted by Crippen LogP contribution is 2.21. The van der Waals surface area contributed by atoms with Gasteiger partial charge in [0, 0.05) is 50.6 Å². The summed E-state index contributed by atoms with van der Waals surface area (Å²) in [7, 11) is 1.82. The maximum atomic E-state index is 12.5. The van der Waals surface area contributed by atoms with Gasteiger partial charge in [-0.2, -0.15) is 5.10 Å². The predicted octanol–water partition coefficient (Wildman–Crippen LogP) is 1.91. The Bertz CT molecular complexity index is 904. The number of aromatic nitrogens is 3. The van der Waals surface area contributed by atoms with Gasteiger partial charge < -0.3 is 15.2 Å². The first-order valence-electron chi connectivity index (χ1n) is 10.3. The van der Waals surface area contributed by atoms with Gasteiger partial charge in [-0.15, -0.1) is 0 Å². The van der Waals surface area contributed by atoms with Crippen LogP contribution in [0.2, 0.25) is 0 Å². The molecule has 1 aliphatic rings. The molecule has 2 unspecified atom stereocenters. The first kappa shape index (κ1) is 20.6. The van der Waals surface area contributed by atoms with Gasteiger partial charge in [-0.25, -0.2) is 0 Å². The molecular formula is C21H33N5O2. The van der Waals surface area contributed by atoms with E-state index in [1.165, 1.54) is 6.42 Å². The summed E-state index contributed by atoms with van der Waals surface area (Å²) in [6.07, 6.45) is 2.05. The standard InChI is InChI=1S/C21H33N5O2/c1-13-10-14(2)12-26(11-13)9-8-22-18(27)7-6-17-15(3)19-16(4)24-25(5)20(19)23-21(17)28/h13-14H,6-12H2,1-5H3,(H,22,27)(H,23,28). The fourth-order valence-corrected chi connectivity index (χ4v) is 4.71. The van der Waals surface area contributed by atoms with Crippen molar-refractivity contribution in [2.24, 2.45) is 18.9 Å². The number of fused-ring (bicyclic) bond motifs is 1. The van der Waals surface area contributed by atoms with Gasteiger partial charge in [-0.3, -0.25) is 14.3 Å². The van der Waals surface area contributed by atoms with E-state index in [9.17, 15) is 9.59 Å². The van der Waals surface area contributed by atoms with Crippen LogP contribution in [0.5, 0.6) is 0 Å². The van der Waals surface area contributed by atoms with Crippen LogP contribution in [0, 0.1) is 25.7 Å². The Labute approximate surface area is 166 Å². The molecule has 154 valence electrons. The number of amides is 1. The Morgan fingerprint density at radius 1 is 1.25 bits per heavy atom. The van der Waals surface area contributed by atoms with Crippen LogP contribution in [0.15, 0.2) is 4.79 Å². The zero-order valence-electron chi connectivity index (χ0n) is 17.8. The number of piperidine rings is 1. The minimum atomic E-state index is -0.128. The zero-order valence-corrected chi connectivity index (χ0v) is 17.8. The fraction of sp³-hybridized carbons (Fsp3) is 0.667. The van der Waals surface area contributed by atoms with Gasteiger partial charge in [0.1, 0.15) is 5.65 Å². The van der Waals surface area contributed by atoms with Crippen LogP contribution in [-0.2, 0) is 18.3 Å². The summed E-state index contributed by atoms with van der Waals surface area (Å²) >= 11 is 0. The maximum absolute atomic E-state index is 12.5. The number of carbonyl (C=O) groups excluding carboxylic acids is 1. The van der Waals surface area contributed by atoms with E-state index in [1.54, 1.807) is 4.68 Å². The third-order valence-corrected chi connectivity index (χ3v) is 5.85. The summed E-state index contributed by atoms with van der Waals surface area (Å²) in [5, 5.41) is 8.38. The van der Waals surface area contributed by atoms with Crippen molar-refractivity contribution in [3.63, 3.8) is 0 Å². The van der Waals surface area contributed by atoms with E-state index in [1.807, 2.05) is 20.9 Å². The van der Waals surface area contributed by atoms with Crippen molar-refractivity contribution in [1.29, 1.82) is 0 Å². The van der Waals surface area contributed by atoms with E-state index in [0.717, 1.165) is 53.8 Å². The largest absolute Gasteiger partial charge is 0.355 e. The number of nitrogens with zero attached hydrogens (tertiary/aromatic N) is 3. The molecule has 1 fully saturated rings. The van der Waals surface area contributed by atoms with Crippen LogP contribution in [-0.4, -0.2) is 51.8 Å². The van der Waals surface area contributed by atoms with E-state index in [0.29, 0.717) is 24.9 Å². The molecule has 0 bridgehead atoms. The highest BCUT2D eigenvalue weighted by molar-refractivity contribution is 5.83. The van der Waals surface area contributed by atoms with Crippen molar-refractivity contribution in [1.82, 2.24) is 25.0 Å². The number of pyridine rings is 1. The Hall–Kier alpha value is -2.15. The average molecular weight is 388 g/mol. The second kappa shape index (κ2) is 8.47. The SMILES string of the molecule is Cc1nn(C)c2[nH]c(=O)c(CCC(=O)NCCN3CC(C)CC(C)C3)c(C)c12. The molecular weight excluding hydrogens is 354 g/mol. The van der Waals surface area contributed by atoms with Gasteiger partial charge in [0.15, 0.2) is 0 Å². The molecule has 0 aromatic carbocycles. The first-order chi connectivity index (χ1) is 13.3. The molecule has 3 rings (SSSR count). The van der Waals surface area contributed by atoms with Crippen molar-refractivity contribution in [2.45, 2.75) is 47.0 Å². The molecule has 28 heavy (non-hydrogen) atoms. The van der Waals surface area contributed by atoms with Crippen LogP contribution in [0.4, 0.5) is 0 Å². The normalized spacial score (nSPS) is 20.6. The number of likely N-dealkylation sites (tertiary alicyclic amines) is 1. The third kappa shape index (κ3) is 4.46. The summed E-state index contributed by atoms with van der Waals surface area (Å²) in [5.74, 6) is 1.44. The van der Waals surface area contributed by atoms with Crippen LogP contribution in [0.3, 0.4) is 0 Å². The summed E-state index contributed by atoms with van der Waals surface area (Å²) in [4.78, 5) is 30.1. The molecule has 1 amide bonds. The number of aromatic amines is 1. The average Bonchev–Trinajstić information content (AvgIpc) is 2.87. The third-order valence-electron chi connectivity index (χ3n) is 5.85. The number of H-pyrrole nitrogens is 1. The summed E-state index contributed by atoms with van der Waals surface area (Å²) < 4.78 is 1.69. The van der Waals surface area contributed by atoms with Gasteiger partial charge in [0.2, 0.25) is 5.91 Å². The summed E-state index contributed by atoms with van der Waals surface area (Å²) in [6, 6.07) is 0. The van der Waals surface area contributed by atoms with Crippen molar-refractivity contribution >= 4 is 16.9 Å². The Balaban J connectivity index is 1.55. The molecule has 7 heteroatoms. The number of hydrogen-bond acceptors (Lipinski definition) is 4. The Kier molecular flexibility index (Phi) is 6.23. The molecule has 1 aliphatic heterocycles. The van der Waals surface area contributed by atoms with E-state index < -0.39 is 0 Å². The zero-order chi connectivity index (χ0) is 20.4. The molecule has 0 aliphatic carbocycles. The molecule has 0 radical (unpaired) electrons. The van der Waals surface area contributed by atoms with Gasteiger partial charge in [-0.1, -0.05) is 13.8 Å². The fourth-order valence-electron chi connectivity index (χ4n) is 4.71. The van der Waals surface area contributed by atoms with Gasteiger partial charge in [0.05, 0.1) is 5.69 Å². The van der Waals surface area contributed by atoms with E-state index in [4.69, 9.17) is 0 Å². The van der Waals surface area contributed by atoms with Crippen molar-refractivity contribution in [3.05, 3.63) is 27.2 Å². The van der Waals surface area contributed by atoms with Crippen LogP contribution < -0.4 is 10.9 Å². The highest BCUT2D eigenvalue weighted by atomic mass is 16.1. The van der Waals surface area contributed by atoms with E-state index >= 15 is 0 Å². The quantitative estimate of drug-likeness (QED) is 0.793. The van der Waals surface area contributed by atoms with Crippen LogP contribution >= 0.6 is 0 Å². The van der Waals surface area contributed by atoms with E-state index in [-0.39, 0.29) is 11.5 Å². The molecule has 2 N–H and O–H groups in total. The summed E-state index contributed by atoms with van der Waals surface area (Å²) in [5.41, 5.74) is 3.10. The van der Waals surface area contributed by atoms with Crippen LogP contribution in [0.1, 0.15) is 43.5 Å². The smallest absolute Gasteiger partial charge is 0.253 e. The van der Waals surface area contributed by atoms with E-state index in [2.05, 4.69) is 34.1 Å². The Morgan fingerprint density at radius 2 is 1.93 bits per heavy atom. The molecule has 2 atom stereocenters. The summed E-state index contributed by atoms with van der Waals surface area (Å²) in [6.45, 7) is 12.2. The van der Waals surface area contributed by atoms with Crippen molar-refractivity contribution in [2.75, 3.05) is 26.2 Å². The molecule has 2 aromatic heterocycles. The molecule has 2 aromatic rings. The number of hydrogen-bond donors (Lipinski definition) is 2. The second-order valence-corrected chi connectivity index (χ2v) is 8.55. The molecule has 0 saturated carbocycles. The minimum Gasteiger partial charge on any atom is -0.355 e. The van der Waals surface area contributed by atoms with Gasteiger partial charge in [-0.05, 0) is 44.1 Å². The molecule has 1 saturated heterocycles. The highest BCUT2D eigenvalue weighted by Gasteiger charge is 2.21. The number of nitrogens with one attached hydrogen (secondary N) is 2. The van der Waals surface area contributed by atoms with Gasteiger partial charge >= 0.3 is 0 Å². The Morgan fingerprint density at radius 3 is 2.61 bits per heavy atom. The molecule has 0 spiro atoms. The number of carbonyl (C=O) groups is 1. The molecule has 3 heterocycles. The maximum Gasteiger partial charge on any atom is 0.253 e. The lowest BCUT2D eigenvalue weighted by atomic mass is 9.92. The lowest BCUT2D eigenvalue weighted by Gasteiger charge is -2.34. The number of aryl methyl sites for hydroxylation is 3. The molecule has 7 nitrogen and oxygen atoms in total. The monoisotopic (exact) mass is 387 g/mol. The first-order valence-corrected chi connectivity index (χ1v) is 10.3. The van der Waals surface area contributed by atoms with Gasteiger partial charge in [0.25, 0.3) is 5.56 Å².